The van der Waals surface area contributed by atoms with Gasteiger partial charge in [0.15, 0.2) is 0 Å². The zero-order valence-electron chi connectivity index (χ0n) is 12.6. The lowest BCUT2D eigenvalue weighted by Crippen LogP contribution is -2.44. The SMILES string of the molecule is CCOC(=O)C1(C)CCN(CCc2ccccc2)CC1. The van der Waals surface area contributed by atoms with Crippen LogP contribution < -0.4 is 0 Å². The van der Waals surface area contributed by atoms with E-state index in [9.17, 15) is 4.79 Å². The third-order valence-electron chi connectivity index (χ3n) is 4.29. The molecule has 110 valence electrons. The number of hydrogen-bond acceptors (Lipinski definition) is 3. The predicted octanol–water partition coefficient (Wildman–Crippen LogP) is 2.89. The van der Waals surface area contributed by atoms with E-state index in [1.807, 2.05) is 13.8 Å². The highest BCUT2D eigenvalue weighted by Crippen LogP contribution is 2.32. The van der Waals surface area contributed by atoms with Gasteiger partial charge in [-0.25, -0.2) is 0 Å². The second-order valence-corrected chi connectivity index (χ2v) is 5.86. The van der Waals surface area contributed by atoms with Crippen LogP contribution in [-0.4, -0.2) is 37.1 Å². The number of carbonyl (C=O) groups excluding carboxylic acids is 1. The third kappa shape index (κ3) is 3.83. The first-order valence-corrected chi connectivity index (χ1v) is 7.57. The molecule has 0 aliphatic carbocycles. The first-order valence-electron chi connectivity index (χ1n) is 7.57. The summed E-state index contributed by atoms with van der Waals surface area (Å²) in [6, 6.07) is 10.6. The number of hydrogen-bond donors (Lipinski definition) is 0. The number of rotatable bonds is 5. The van der Waals surface area contributed by atoms with Crippen molar-refractivity contribution in [3.63, 3.8) is 0 Å². The van der Waals surface area contributed by atoms with Crippen molar-refractivity contribution in [2.75, 3.05) is 26.2 Å². The first kappa shape index (κ1) is 15.0. The molecule has 0 amide bonds. The summed E-state index contributed by atoms with van der Waals surface area (Å²) in [4.78, 5) is 14.4. The van der Waals surface area contributed by atoms with Crippen LogP contribution in [0.1, 0.15) is 32.3 Å². The molecule has 1 aromatic rings. The lowest BCUT2D eigenvalue weighted by molar-refractivity contribution is -0.157. The number of likely N-dealkylation sites (tertiary alicyclic amines) is 1. The van der Waals surface area contributed by atoms with Gasteiger partial charge in [-0.3, -0.25) is 4.79 Å². The molecule has 1 fully saturated rings. The van der Waals surface area contributed by atoms with Crippen LogP contribution in [0.2, 0.25) is 0 Å². The molecule has 0 unspecified atom stereocenters. The van der Waals surface area contributed by atoms with Gasteiger partial charge in [-0.05, 0) is 51.8 Å². The highest BCUT2D eigenvalue weighted by molar-refractivity contribution is 5.76. The van der Waals surface area contributed by atoms with Crippen LogP contribution in [0.25, 0.3) is 0 Å². The molecule has 0 aromatic heterocycles. The Morgan fingerprint density at radius 1 is 1.25 bits per heavy atom. The summed E-state index contributed by atoms with van der Waals surface area (Å²) in [7, 11) is 0. The number of esters is 1. The molecule has 1 aliphatic heterocycles. The standard InChI is InChI=1S/C17H25NO2/c1-3-20-16(19)17(2)10-13-18(14-11-17)12-9-15-7-5-4-6-8-15/h4-8H,3,9-14H2,1-2H3. The average molecular weight is 275 g/mol. The van der Waals surface area contributed by atoms with Crippen LogP contribution in [-0.2, 0) is 16.0 Å². The van der Waals surface area contributed by atoms with E-state index < -0.39 is 0 Å². The summed E-state index contributed by atoms with van der Waals surface area (Å²) >= 11 is 0. The van der Waals surface area contributed by atoms with Crippen LogP contribution >= 0.6 is 0 Å². The van der Waals surface area contributed by atoms with Crippen LogP contribution in [0.15, 0.2) is 30.3 Å². The largest absolute Gasteiger partial charge is 0.466 e. The van der Waals surface area contributed by atoms with Crippen molar-refractivity contribution in [2.45, 2.75) is 33.1 Å². The van der Waals surface area contributed by atoms with E-state index in [2.05, 4.69) is 35.2 Å². The van der Waals surface area contributed by atoms with Crippen molar-refractivity contribution in [3.8, 4) is 0 Å². The molecule has 1 aliphatic rings. The number of ether oxygens (including phenoxy) is 1. The quantitative estimate of drug-likeness (QED) is 0.774. The van der Waals surface area contributed by atoms with Gasteiger partial charge >= 0.3 is 5.97 Å². The summed E-state index contributed by atoms with van der Waals surface area (Å²) in [6.07, 6.45) is 2.89. The van der Waals surface area contributed by atoms with Gasteiger partial charge in [0, 0.05) is 6.54 Å². The molecule has 0 N–H and O–H groups in total. The van der Waals surface area contributed by atoms with E-state index in [0.29, 0.717) is 6.61 Å². The fourth-order valence-corrected chi connectivity index (χ4v) is 2.71. The van der Waals surface area contributed by atoms with Gasteiger partial charge in [0.2, 0.25) is 0 Å². The molecular weight excluding hydrogens is 250 g/mol. The fourth-order valence-electron chi connectivity index (χ4n) is 2.71. The minimum atomic E-state index is -0.279. The van der Waals surface area contributed by atoms with Gasteiger partial charge in [0.25, 0.3) is 0 Å². The molecule has 1 aromatic carbocycles. The lowest BCUT2D eigenvalue weighted by Gasteiger charge is -2.37. The summed E-state index contributed by atoms with van der Waals surface area (Å²) in [6.45, 7) is 7.44. The van der Waals surface area contributed by atoms with E-state index >= 15 is 0 Å². The molecule has 0 radical (unpaired) electrons. The smallest absolute Gasteiger partial charge is 0.311 e. The van der Waals surface area contributed by atoms with Gasteiger partial charge in [0.1, 0.15) is 0 Å². The molecule has 2 rings (SSSR count). The second-order valence-electron chi connectivity index (χ2n) is 5.86. The maximum absolute atomic E-state index is 12.0. The number of benzene rings is 1. The van der Waals surface area contributed by atoms with Gasteiger partial charge in [-0.2, -0.15) is 0 Å². The molecule has 20 heavy (non-hydrogen) atoms. The van der Waals surface area contributed by atoms with Gasteiger partial charge in [0.05, 0.1) is 12.0 Å². The molecule has 0 atom stereocenters. The molecule has 3 heteroatoms. The molecular formula is C17H25NO2. The van der Waals surface area contributed by atoms with Gasteiger partial charge in [-0.1, -0.05) is 30.3 Å². The summed E-state index contributed by atoms with van der Waals surface area (Å²) < 4.78 is 5.19. The van der Waals surface area contributed by atoms with Crippen molar-refractivity contribution in [3.05, 3.63) is 35.9 Å². The first-order chi connectivity index (χ1) is 9.64. The Kier molecular flexibility index (Phi) is 5.18. The summed E-state index contributed by atoms with van der Waals surface area (Å²) in [5.74, 6) is -0.0253. The molecule has 0 bridgehead atoms. The monoisotopic (exact) mass is 275 g/mol. The molecule has 0 saturated carbocycles. The topological polar surface area (TPSA) is 29.5 Å². The number of piperidine rings is 1. The van der Waals surface area contributed by atoms with E-state index in [1.54, 1.807) is 0 Å². The third-order valence-corrected chi connectivity index (χ3v) is 4.29. The lowest BCUT2D eigenvalue weighted by atomic mass is 9.80. The van der Waals surface area contributed by atoms with Crippen molar-refractivity contribution in [2.24, 2.45) is 5.41 Å². The van der Waals surface area contributed by atoms with Crippen molar-refractivity contribution >= 4 is 5.97 Å². The zero-order valence-corrected chi connectivity index (χ0v) is 12.6. The second kappa shape index (κ2) is 6.89. The van der Waals surface area contributed by atoms with Crippen molar-refractivity contribution < 1.29 is 9.53 Å². The minimum Gasteiger partial charge on any atom is -0.466 e. The molecule has 0 spiro atoms. The Morgan fingerprint density at radius 2 is 1.90 bits per heavy atom. The Labute approximate surface area is 121 Å². The van der Waals surface area contributed by atoms with Crippen molar-refractivity contribution in [1.82, 2.24) is 4.90 Å². The van der Waals surface area contributed by atoms with Gasteiger partial charge in [-0.15, -0.1) is 0 Å². The Bertz CT molecular complexity index is 422. The number of nitrogens with zero attached hydrogens (tertiary/aromatic N) is 1. The average Bonchev–Trinajstić information content (AvgIpc) is 2.48. The number of carbonyl (C=O) groups is 1. The Balaban J connectivity index is 1.78. The Hall–Kier alpha value is -1.35. The normalized spacial score (nSPS) is 18.7. The van der Waals surface area contributed by atoms with E-state index in [4.69, 9.17) is 4.74 Å². The Morgan fingerprint density at radius 3 is 2.50 bits per heavy atom. The van der Waals surface area contributed by atoms with Crippen LogP contribution in [0.4, 0.5) is 0 Å². The van der Waals surface area contributed by atoms with Crippen molar-refractivity contribution in [1.29, 1.82) is 0 Å². The van der Waals surface area contributed by atoms with Crippen LogP contribution in [0.3, 0.4) is 0 Å². The summed E-state index contributed by atoms with van der Waals surface area (Å²) in [5, 5.41) is 0. The van der Waals surface area contributed by atoms with E-state index in [-0.39, 0.29) is 11.4 Å². The van der Waals surface area contributed by atoms with Crippen LogP contribution in [0, 0.1) is 5.41 Å². The highest BCUT2D eigenvalue weighted by atomic mass is 16.5. The molecule has 1 saturated heterocycles. The van der Waals surface area contributed by atoms with Crippen LogP contribution in [0.5, 0.6) is 0 Å². The maximum Gasteiger partial charge on any atom is 0.311 e. The highest BCUT2D eigenvalue weighted by Gasteiger charge is 2.37. The maximum atomic E-state index is 12.0. The molecule has 3 nitrogen and oxygen atoms in total. The van der Waals surface area contributed by atoms with E-state index in [1.165, 1.54) is 5.56 Å². The minimum absolute atomic E-state index is 0.0253. The fraction of sp³-hybridized carbons (Fsp3) is 0.588. The summed E-state index contributed by atoms with van der Waals surface area (Å²) in [5.41, 5.74) is 1.10. The predicted molar refractivity (Wildman–Crippen MR) is 80.6 cm³/mol. The zero-order chi connectivity index (χ0) is 14.4. The van der Waals surface area contributed by atoms with Gasteiger partial charge < -0.3 is 9.64 Å². The molecule has 1 heterocycles. The van der Waals surface area contributed by atoms with E-state index in [0.717, 1.165) is 38.9 Å².